The molecule has 0 spiro atoms. The smallest absolute Gasteiger partial charge is 0.277 e. The summed E-state index contributed by atoms with van der Waals surface area (Å²) in [5.74, 6) is 0.263. The number of nitrogens with one attached hydrogen (secondary N) is 1. The number of hydrogen-bond acceptors (Lipinski definition) is 8. The van der Waals surface area contributed by atoms with Gasteiger partial charge in [-0.15, -0.1) is 10.2 Å². The third-order valence-corrected chi connectivity index (χ3v) is 6.58. The van der Waals surface area contributed by atoms with Crippen LogP contribution in [0.3, 0.4) is 0 Å². The molecule has 0 aliphatic rings. The number of oxime groups is 1. The first kappa shape index (κ1) is 24.2. The second kappa shape index (κ2) is 10.6. The van der Waals surface area contributed by atoms with Crippen molar-refractivity contribution in [2.45, 2.75) is 19.1 Å². The Morgan fingerprint density at radius 3 is 2.54 bits per heavy atom. The third-order valence-electron chi connectivity index (χ3n) is 5.76. The molecule has 0 fully saturated rings. The minimum atomic E-state index is -0.207. The van der Waals surface area contributed by atoms with E-state index in [4.69, 9.17) is 14.6 Å². The van der Waals surface area contributed by atoms with Gasteiger partial charge in [-0.05, 0) is 43.7 Å². The molecular formula is C28H23N5O3S. The number of para-hydroxylation sites is 1. The van der Waals surface area contributed by atoms with Crippen LogP contribution >= 0.6 is 11.8 Å². The number of amides is 1. The molecule has 5 rings (SSSR count). The van der Waals surface area contributed by atoms with Gasteiger partial charge in [-0.1, -0.05) is 77.1 Å². The van der Waals surface area contributed by atoms with E-state index in [1.54, 1.807) is 31.2 Å². The van der Waals surface area contributed by atoms with Crippen LogP contribution in [-0.4, -0.2) is 37.8 Å². The Labute approximate surface area is 217 Å². The second-order valence-electron chi connectivity index (χ2n) is 8.41. The van der Waals surface area contributed by atoms with E-state index in [1.807, 2.05) is 49.4 Å². The highest BCUT2D eigenvalue weighted by Gasteiger charge is 2.16. The van der Waals surface area contributed by atoms with E-state index in [1.165, 1.54) is 5.56 Å². The van der Waals surface area contributed by atoms with E-state index in [-0.39, 0.29) is 11.7 Å². The molecule has 0 bridgehead atoms. The molecule has 0 unspecified atom stereocenters. The predicted octanol–water partition coefficient (Wildman–Crippen LogP) is 6.19. The number of fused-ring (bicyclic) bond motifs is 1. The molecule has 0 saturated heterocycles. The van der Waals surface area contributed by atoms with Crippen LogP contribution < -0.4 is 5.32 Å². The number of pyridine rings is 1. The molecular weight excluding hydrogens is 486 g/mol. The topological polar surface area (TPSA) is 114 Å². The number of carbonyl (C=O) groups is 1. The van der Waals surface area contributed by atoms with E-state index in [9.17, 15) is 4.79 Å². The van der Waals surface area contributed by atoms with Crippen molar-refractivity contribution in [3.05, 3.63) is 90.0 Å². The maximum Gasteiger partial charge on any atom is 0.277 e. The van der Waals surface area contributed by atoms with Gasteiger partial charge < -0.3 is 14.9 Å². The van der Waals surface area contributed by atoms with E-state index in [0.717, 1.165) is 45.0 Å². The van der Waals surface area contributed by atoms with Crippen molar-refractivity contribution < 1.29 is 14.4 Å². The van der Waals surface area contributed by atoms with E-state index in [2.05, 4.69) is 32.8 Å². The fraction of sp³-hybridized carbons (Fsp3) is 0.107. The number of aryl methyl sites for hydroxylation is 1. The van der Waals surface area contributed by atoms with Crippen LogP contribution in [0.15, 0.2) is 93.7 Å². The highest BCUT2D eigenvalue weighted by molar-refractivity contribution is 7.99. The van der Waals surface area contributed by atoms with Crippen molar-refractivity contribution >= 4 is 40.0 Å². The van der Waals surface area contributed by atoms with Gasteiger partial charge in [0, 0.05) is 16.6 Å². The summed E-state index contributed by atoms with van der Waals surface area (Å²) in [5, 5.41) is 24.5. The summed E-state index contributed by atoms with van der Waals surface area (Å²) in [6, 6.07) is 25.0. The molecule has 0 aliphatic heterocycles. The molecule has 5 aromatic rings. The average Bonchev–Trinajstić information content (AvgIpc) is 3.40. The number of benzene rings is 3. The monoisotopic (exact) mass is 509 g/mol. The second-order valence-corrected chi connectivity index (χ2v) is 9.34. The molecule has 0 aliphatic carbocycles. The quantitative estimate of drug-likeness (QED) is 0.116. The maximum atomic E-state index is 12.4. The van der Waals surface area contributed by atoms with Crippen LogP contribution in [-0.2, 0) is 4.79 Å². The van der Waals surface area contributed by atoms with Gasteiger partial charge in [-0.3, -0.25) is 4.79 Å². The lowest BCUT2D eigenvalue weighted by Gasteiger charge is -2.08. The molecule has 184 valence electrons. The SMILES string of the molecule is C/C(=N/O)c1ccc(NC(=O)CSc2nnc(-c3cc(-c4ccc(C)cc4)nc4ccccc34)o2)cc1. The molecule has 2 heterocycles. The van der Waals surface area contributed by atoms with Gasteiger partial charge in [0.15, 0.2) is 0 Å². The summed E-state index contributed by atoms with van der Waals surface area (Å²) in [4.78, 5) is 17.3. The molecule has 0 saturated carbocycles. The summed E-state index contributed by atoms with van der Waals surface area (Å²) in [5.41, 5.74) is 6.49. The van der Waals surface area contributed by atoms with Gasteiger partial charge in [0.2, 0.25) is 11.8 Å². The largest absolute Gasteiger partial charge is 0.411 e. The standard InChI is InChI=1S/C28H23N5O3S/c1-17-7-9-20(10-8-17)25-15-23(22-5-3-4-6-24(22)30-25)27-31-32-28(36-27)37-16-26(34)29-21-13-11-19(12-14-21)18(2)33-35/h3-15,35H,16H2,1-2H3,(H,29,34)/b33-18-. The van der Waals surface area contributed by atoms with Gasteiger partial charge in [0.05, 0.1) is 28.2 Å². The maximum absolute atomic E-state index is 12.4. The fourth-order valence-corrected chi connectivity index (χ4v) is 4.34. The Morgan fingerprint density at radius 2 is 1.78 bits per heavy atom. The predicted molar refractivity (Wildman–Crippen MR) is 145 cm³/mol. The van der Waals surface area contributed by atoms with Gasteiger partial charge in [-0.2, -0.15) is 0 Å². The highest BCUT2D eigenvalue weighted by Crippen LogP contribution is 2.32. The number of carbonyl (C=O) groups excluding carboxylic acids is 1. The molecule has 37 heavy (non-hydrogen) atoms. The number of aromatic nitrogens is 3. The summed E-state index contributed by atoms with van der Waals surface area (Å²) >= 11 is 1.16. The lowest BCUT2D eigenvalue weighted by atomic mass is 10.0. The number of hydrogen-bond donors (Lipinski definition) is 2. The number of nitrogens with zero attached hydrogens (tertiary/aromatic N) is 4. The Hall–Kier alpha value is -4.50. The summed E-state index contributed by atoms with van der Waals surface area (Å²) in [7, 11) is 0. The molecule has 3 aromatic carbocycles. The molecule has 0 atom stereocenters. The van der Waals surface area contributed by atoms with E-state index in [0.29, 0.717) is 22.5 Å². The van der Waals surface area contributed by atoms with E-state index < -0.39 is 0 Å². The molecule has 2 N–H and O–H groups in total. The number of anilines is 1. The Bertz CT molecular complexity index is 1600. The number of thioether (sulfide) groups is 1. The first-order valence-electron chi connectivity index (χ1n) is 11.5. The summed E-state index contributed by atoms with van der Waals surface area (Å²) in [6.45, 7) is 3.74. The van der Waals surface area contributed by atoms with Crippen molar-refractivity contribution in [1.29, 1.82) is 0 Å². The third kappa shape index (κ3) is 5.52. The lowest BCUT2D eigenvalue weighted by Crippen LogP contribution is -2.14. The minimum absolute atomic E-state index is 0.103. The van der Waals surface area contributed by atoms with Crippen molar-refractivity contribution in [2.24, 2.45) is 5.16 Å². The van der Waals surface area contributed by atoms with Crippen LogP contribution in [0.1, 0.15) is 18.1 Å². The zero-order valence-corrected chi connectivity index (χ0v) is 21.0. The van der Waals surface area contributed by atoms with Gasteiger partial charge in [0.25, 0.3) is 5.22 Å². The molecule has 2 aromatic heterocycles. The van der Waals surface area contributed by atoms with Gasteiger partial charge >= 0.3 is 0 Å². The first-order chi connectivity index (χ1) is 18.0. The van der Waals surface area contributed by atoms with Gasteiger partial charge in [0.1, 0.15) is 0 Å². The molecule has 9 heteroatoms. The summed E-state index contributed by atoms with van der Waals surface area (Å²) in [6.07, 6.45) is 0. The molecule has 1 amide bonds. The lowest BCUT2D eigenvalue weighted by molar-refractivity contribution is -0.113. The van der Waals surface area contributed by atoms with E-state index >= 15 is 0 Å². The highest BCUT2D eigenvalue weighted by atomic mass is 32.2. The van der Waals surface area contributed by atoms with Crippen molar-refractivity contribution in [2.75, 3.05) is 11.1 Å². The van der Waals surface area contributed by atoms with Crippen LogP contribution in [0.4, 0.5) is 5.69 Å². The average molecular weight is 510 g/mol. The fourth-order valence-electron chi connectivity index (χ4n) is 3.78. The Morgan fingerprint density at radius 1 is 1.03 bits per heavy atom. The zero-order chi connectivity index (χ0) is 25.8. The van der Waals surface area contributed by atoms with Crippen LogP contribution in [0.5, 0.6) is 0 Å². The Balaban J connectivity index is 1.32. The van der Waals surface area contributed by atoms with Crippen molar-refractivity contribution in [1.82, 2.24) is 15.2 Å². The Kier molecular flexibility index (Phi) is 6.96. The van der Waals surface area contributed by atoms with Crippen molar-refractivity contribution in [3.8, 4) is 22.7 Å². The van der Waals surface area contributed by atoms with Crippen molar-refractivity contribution in [3.63, 3.8) is 0 Å². The minimum Gasteiger partial charge on any atom is -0.411 e. The molecule has 8 nitrogen and oxygen atoms in total. The van der Waals surface area contributed by atoms with Crippen LogP contribution in [0, 0.1) is 6.92 Å². The molecule has 0 radical (unpaired) electrons. The first-order valence-corrected chi connectivity index (χ1v) is 12.5. The van der Waals surface area contributed by atoms with Crippen LogP contribution in [0.25, 0.3) is 33.6 Å². The van der Waals surface area contributed by atoms with Crippen LogP contribution in [0.2, 0.25) is 0 Å². The zero-order valence-electron chi connectivity index (χ0n) is 20.2. The normalized spacial score (nSPS) is 11.6. The number of rotatable bonds is 7. The van der Waals surface area contributed by atoms with Gasteiger partial charge in [-0.25, -0.2) is 4.98 Å². The summed E-state index contributed by atoms with van der Waals surface area (Å²) < 4.78 is 5.94.